The van der Waals surface area contributed by atoms with Crippen molar-refractivity contribution in [3.8, 4) is 5.75 Å². The lowest BCUT2D eigenvalue weighted by Crippen LogP contribution is -1.82. The number of nitrogens with zero attached hydrogens (tertiary/aromatic N) is 1. The van der Waals surface area contributed by atoms with E-state index in [1.165, 1.54) is 6.21 Å². The van der Waals surface area contributed by atoms with E-state index in [0.717, 1.165) is 0 Å². The second-order valence-electron chi connectivity index (χ2n) is 1.92. The highest BCUT2D eigenvalue weighted by Gasteiger charge is 2.00. The Morgan fingerprint density at radius 3 is 2.82 bits per heavy atom. The Hall–Kier alpha value is -1.03. The molecule has 0 bridgehead atoms. The molecule has 0 fully saturated rings. The van der Waals surface area contributed by atoms with Crippen molar-refractivity contribution in [1.82, 2.24) is 0 Å². The second-order valence-corrected chi connectivity index (χ2v) is 2.78. The number of benzene rings is 1. The van der Waals surface area contributed by atoms with Crippen LogP contribution in [-0.2, 0) is 0 Å². The summed E-state index contributed by atoms with van der Waals surface area (Å²) in [5.41, 5.74) is 0.474. The van der Waals surface area contributed by atoms with E-state index in [-0.39, 0.29) is 5.75 Å². The van der Waals surface area contributed by atoms with Crippen LogP contribution in [0.1, 0.15) is 5.56 Å². The van der Waals surface area contributed by atoms with Gasteiger partial charge in [-0.05, 0) is 28.1 Å². The van der Waals surface area contributed by atoms with Crippen molar-refractivity contribution in [3.05, 3.63) is 28.2 Å². The molecule has 0 heterocycles. The Morgan fingerprint density at radius 2 is 2.18 bits per heavy atom. The lowest BCUT2D eigenvalue weighted by atomic mass is 10.2. The summed E-state index contributed by atoms with van der Waals surface area (Å²) in [6, 6.07) is 5.07. The molecule has 0 aliphatic carbocycles. The van der Waals surface area contributed by atoms with Crippen LogP contribution >= 0.6 is 15.9 Å². The van der Waals surface area contributed by atoms with Crippen LogP contribution in [-0.4, -0.2) is 16.5 Å². The number of phenolic OH excluding ortho intramolecular Hbond substituents is 1. The van der Waals surface area contributed by atoms with Gasteiger partial charge in [0.1, 0.15) is 5.75 Å². The van der Waals surface area contributed by atoms with E-state index in [0.29, 0.717) is 10.0 Å². The van der Waals surface area contributed by atoms with Crippen LogP contribution in [0.5, 0.6) is 5.75 Å². The van der Waals surface area contributed by atoms with Gasteiger partial charge >= 0.3 is 0 Å². The van der Waals surface area contributed by atoms with Crippen LogP contribution < -0.4 is 0 Å². The molecule has 0 saturated carbocycles. The molecule has 1 aromatic rings. The first-order valence-corrected chi connectivity index (χ1v) is 3.70. The van der Waals surface area contributed by atoms with E-state index < -0.39 is 0 Å². The van der Waals surface area contributed by atoms with Crippen LogP contribution in [0.2, 0.25) is 0 Å². The first kappa shape index (κ1) is 8.07. The highest BCUT2D eigenvalue weighted by molar-refractivity contribution is 9.10. The maximum absolute atomic E-state index is 9.28. The largest absolute Gasteiger partial charge is 0.506 e. The van der Waals surface area contributed by atoms with Crippen molar-refractivity contribution in [2.45, 2.75) is 0 Å². The van der Waals surface area contributed by atoms with Gasteiger partial charge < -0.3 is 10.3 Å². The predicted octanol–water partition coefficient (Wildman–Crippen LogP) is 1.96. The Labute approximate surface area is 72.1 Å². The number of aromatic hydroxyl groups is 1. The van der Waals surface area contributed by atoms with Gasteiger partial charge in [0, 0.05) is 5.56 Å². The maximum atomic E-state index is 9.28. The van der Waals surface area contributed by atoms with Gasteiger partial charge in [0.15, 0.2) is 0 Å². The van der Waals surface area contributed by atoms with E-state index in [2.05, 4.69) is 21.1 Å². The fourth-order valence-electron chi connectivity index (χ4n) is 0.698. The highest BCUT2D eigenvalue weighted by atomic mass is 79.9. The monoisotopic (exact) mass is 215 g/mol. The molecule has 4 heteroatoms. The van der Waals surface area contributed by atoms with Crippen LogP contribution in [0, 0.1) is 0 Å². The normalized spacial score (nSPS) is 10.6. The van der Waals surface area contributed by atoms with Gasteiger partial charge in [-0.25, -0.2) is 0 Å². The van der Waals surface area contributed by atoms with E-state index >= 15 is 0 Å². The molecule has 3 nitrogen and oxygen atoms in total. The molecule has 0 aliphatic heterocycles. The van der Waals surface area contributed by atoms with E-state index in [9.17, 15) is 5.11 Å². The third kappa shape index (κ3) is 1.71. The van der Waals surface area contributed by atoms with Gasteiger partial charge in [0.25, 0.3) is 0 Å². The standard InChI is InChI=1S/C7H6BrNO2/c8-6-3-1-2-5(4-9-11)7(6)10/h1-4,10-11H/b9-4-. The van der Waals surface area contributed by atoms with Gasteiger partial charge in [0.2, 0.25) is 0 Å². The van der Waals surface area contributed by atoms with Gasteiger partial charge in [-0.3, -0.25) is 0 Å². The van der Waals surface area contributed by atoms with Crippen molar-refractivity contribution >= 4 is 22.1 Å². The maximum Gasteiger partial charge on any atom is 0.138 e. The van der Waals surface area contributed by atoms with Gasteiger partial charge in [-0.1, -0.05) is 11.2 Å². The molecule has 0 atom stereocenters. The highest BCUT2D eigenvalue weighted by Crippen LogP contribution is 2.25. The lowest BCUT2D eigenvalue weighted by Gasteiger charge is -1.98. The molecular formula is C7H6BrNO2. The molecule has 0 aromatic heterocycles. The Balaban J connectivity index is 3.16. The van der Waals surface area contributed by atoms with Crippen LogP contribution in [0.3, 0.4) is 0 Å². The fourth-order valence-corrected chi connectivity index (χ4v) is 1.08. The third-order valence-electron chi connectivity index (χ3n) is 1.21. The minimum absolute atomic E-state index is 0.0744. The minimum atomic E-state index is 0.0744. The number of rotatable bonds is 1. The topological polar surface area (TPSA) is 52.8 Å². The molecular weight excluding hydrogens is 210 g/mol. The zero-order valence-electron chi connectivity index (χ0n) is 5.53. The molecule has 0 radical (unpaired) electrons. The number of oxime groups is 1. The average molecular weight is 216 g/mol. The molecule has 58 valence electrons. The minimum Gasteiger partial charge on any atom is -0.506 e. The van der Waals surface area contributed by atoms with E-state index in [4.69, 9.17) is 5.21 Å². The molecule has 11 heavy (non-hydrogen) atoms. The van der Waals surface area contributed by atoms with Crippen molar-refractivity contribution < 1.29 is 10.3 Å². The average Bonchev–Trinajstić information content (AvgIpc) is 1.99. The zero-order chi connectivity index (χ0) is 8.27. The molecule has 0 spiro atoms. The van der Waals surface area contributed by atoms with Crippen LogP contribution in [0.15, 0.2) is 27.8 Å². The summed E-state index contributed by atoms with van der Waals surface area (Å²) < 4.78 is 0.579. The summed E-state index contributed by atoms with van der Waals surface area (Å²) in [7, 11) is 0. The van der Waals surface area contributed by atoms with Crippen LogP contribution in [0.25, 0.3) is 0 Å². The van der Waals surface area contributed by atoms with Crippen molar-refractivity contribution in [3.63, 3.8) is 0 Å². The number of phenols is 1. The number of para-hydroxylation sites is 1. The summed E-state index contributed by atoms with van der Waals surface area (Å²) in [4.78, 5) is 0. The quantitative estimate of drug-likeness (QED) is 0.428. The molecule has 1 rings (SSSR count). The number of halogens is 1. The number of hydrogen-bond acceptors (Lipinski definition) is 3. The van der Waals surface area contributed by atoms with E-state index in [1.807, 2.05) is 0 Å². The SMILES string of the molecule is O/N=C\c1cccc(Br)c1O. The number of hydrogen-bond donors (Lipinski definition) is 2. The van der Waals surface area contributed by atoms with Crippen molar-refractivity contribution in [2.24, 2.45) is 5.16 Å². The van der Waals surface area contributed by atoms with Crippen molar-refractivity contribution in [2.75, 3.05) is 0 Å². The Morgan fingerprint density at radius 1 is 1.45 bits per heavy atom. The summed E-state index contributed by atoms with van der Waals surface area (Å²) >= 11 is 3.12. The van der Waals surface area contributed by atoms with Gasteiger partial charge in [0.05, 0.1) is 10.7 Å². The van der Waals surface area contributed by atoms with Gasteiger partial charge in [-0.15, -0.1) is 0 Å². The smallest absolute Gasteiger partial charge is 0.138 e. The molecule has 0 saturated heterocycles. The molecule has 0 aliphatic rings. The van der Waals surface area contributed by atoms with Crippen LogP contribution in [0.4, 0.5) is 0 Å². The molecule has 0 amide bonds. The summed E-state index contributed by atoms with van der Waals surface area (Å²) in [6.45, 7) is 0. The summed E-state index contributed by atoms with van der Waals surface area (Å²) in [5.74, 6) is 0.0744. The zero-order valence-corrected chi connectivity index (χ0v) is 7.12. The van der Waals surface area contributed by atoms with E-state index in [1.54, 1.807) is 18.2 Å². The first-order chi connectivity index (χ1) is 5.25. The lowest BCUT2D eigenvalue weighted by molar-refractivity contribution is 0.321. The summed E-state index contributed by atoms with van der Waals surface area (Å²) in [5, 5.41) is 20.3. The fraction of sp³-hybridized carbons (Fsp3) is 0. The summed E-state index contributed by atoms with van der Waals surface area (Å²) in [6.07, 6.45) is 1.17. The second kappa shape index (κ2) is 3.39. The first-order valence-electron chi connectivity index (χ1n) is 2.90. The Kier molecular flexibility index (Phi) is 2.48. The van der Waals surface area contributed by atoms with Gasteiger partial charge in [-0.2, -0.15) is 0 Å². The molecule has 1 aromatic carbocycles. The predicted molar refractivity (Wildman–Crippen MR) is 45.2 cm³/mol. The molecule has 0 unspecified atom stereocenters. The van der Waals surface area contributed by atoms with Crippen molar-refractivity contribution in [1.29, 1.82) is 0 Å². The third-order valence-corrected chi connectivity index (χ3v) is 1.85. The molecule has 2 N–H and O–H groups in total. The Bertz CT molecular complexity index is 286.